The number of imide groups is 2. The highest BCUT2D eigenvalue weighted by Gasteiger charge is 2.42. The molecular formula is C36H37N5O5. The molecule has 0 bridgehead atoms. The zero-order chi connectivity index (χ0) is 32.2. The Morgan fingerprint density at radius 3 is 1.78 bits per heavy atom. The lowest BCUT2D eigenvalue weighted by atomic mass is 10.0. The summed E-state index contributed by atoms with van der Waals surface area (Å²) in [5.74, 6) is -1.11. The van der Waals surface area contributed by atoms with Crippen molar-refractivity contribution in [2.24, 2.45) is 0 Å². The van der Waals surface area contributed by atoms with E-state index in [2.05, 4.69) is 17.3 Å². The monoisotopic (exact) mass is 619 g/mol. The molecule has 0 spiro atoms. The Labute approximate surface area is 268 Å². The fourth-order valence-corrected chi connectivity index (χ4v) is 6.04. The number of nitrogens with zero attached hydrogens (tertiary/aromatic N) is 4. The van der Waals surface area contributed by atoms with Crippen molar-refractivity contribution >= 4 is 40.5 Å². The molecule has 0 aromatic heterocycles. The van der Waals surface area contributed by atoms with Crippen LogP contribution in [0.4, 0.5) is 5.69 Å². The Hall–Kier alpha value is -5.06. The summed E-state index contributed by atoms with van der Waals surface area (Å²) in [6.45, 7) is 7.64. The lowest BCUT2D eigenvalue weighted by molar-refractivity contribution is -0.125. The molecule has 1 N–H and O–H groups in total. The molecule has 2 fully saturated rings. The number of amides is 4. The number of aryl methyl sites for hydroxylation is 1. The van der Waals surface area contributed by atoms with Crippen LogP contribution in [0.2, 0.25) is 0 Å². The van der Waals surface area contributed by atoms with E-state index in [4.69, 9.17) is 4.74 Å². The van der Waals surface area contributed by atoms with E-state index in [1.807, 2.05) is 89.5 Å². The van der Waals surface area contributed by atoms with Crippen molar-refractivity contribution in [3.8, 4) is 0 Å². The van der Waals surface area contributed by atoms with Gasteiger partial charge in [-0.25, -0.2) is 4.90 Å². The number of carbonyl (C=O) groups excluding carboxylic acids is 4. The van der Waals surface area contributed by atoms with Crippen LogP contribution in [0.3, 0.4) is 0 Å². The van der Waals surface area contributed by atoms with Gasteiger partial charge in [0.05, 0.1) is 30.0 Å². The quantitative estimate of drug-likeness (QED) is 0.436. The molecule has 0 radical (unpaired) electrons. The molecule has 0 aliphatic carbocycles. The smallest absolute Gasteiger partial charge is 0.282 e. The van der Waals surface area contributed by atoms with Crippen LogP contribution in [0.1, 0.15) is 16.7 Å². The van der Waals surface area contributed by atoms with E-state index in [1.54, 1.807) is 12.1 Å². The maximum atomic E-state index is 13.2. The average Bonchev–Trinajstić information content (AvgIpc) is 3.53. The fourth-order valence-electron chi connectivity index (χ4n) is 6.04. The second-order valence-electron chi connectivity index (χ2n) is 11.6. The van der Waals surface area contributed by atoms with Crippen LogP contribution in [0, 0.1) is 6.92 Å². The second-order valence-corrected chi connectivity index (χ2v) is 11.6. The van der Waals surface area contributed by atoms with Crippen molar-refractivity contribution in [1.82, 2.24) is 20.0 Å². The van der Waals surface area contributed by atoms with Gasteiger partial charge >= 0.3 is 0 Å². The molecule has 4 heterocycles. The molecule has 4 aliphatic heterocycles. The predicted molar refractivity (Wildman–Crippen MR) is 175 cm³/mol. The Balaban J connectivity index is 0.000000167. The van der Waals surface area contributed by atoms with Gasteiger partial charge in [0, 0.05) is 39.3 Å². The standard InChI is InChI=1S/C21H20N2O3.C15H17N3O2/c1-15-7-9-16(10-8-15)18-19(22-11-13-26-14-12-22)21(25)23(20(18)24)17-5-3-2-4-6-17;1-17-7-9-18(10-8-17)13-12(14(19)16-15(13)20)11-5-3-2-4-6-11/h2-10H,11-14H2,1H3;2-6H,7-10H2,1H3,(H,16,19,20). The first-order valence-corrected chi connectivity index (χ1v) is 15.5. The number of nitrogens with one attached hydrogen (secondary N) is 1. The highest BCUT2D eigenvalue weighted by atomic mass is 16.5. The molecular weight excluding hydrogens is 582 g/mol. The molecule has 3 aromatic rings. The van der Waals surface area contributed by atoms with Crippen molar-refractivity contribution < 1.29 is 23.9 Å². The van der Waals surface area contributed by atoms with E-state index in [9.17, 15) is 19.2 Å². The number of benzene rings is 3. The third kappa shape index (κ3) is 6.22. The molecule has 3 aromatic carbocycles. The van der Waals surface area contributed by atoms with Crippen molar-refractivity contribution in [1.29, 1.82) is 0 Å². The summed E-state index contributed by atoms with van der Waals surface area (Å²) in [7, 11) is 2.06. The van der Waals surface area contributed by atoms with Gasteiger partial charge in [-0.05, 0) is 37.2 Å². The van der Waals surface area contributed by atoms with Crippen molar-refractivity contribution in [2.75, 3.05) is 64.4 Å². The Kier molecular flexibility index (Phi) is 9.09. The van der Waals surface area contributed by atoms with Gasteiger partial charge in [0.1, 0.15) is 11.4 Å². The van der Waals surface area contributed by atoms with Crippen LogP contribution in [0.15, 0.2) is 96.3 Å². The number of rotatable bonds is 5. The molecule has 236 valence electrons. The van der Waals surface area contributed by atoms with Gasteiger partial charge < -0.3 is 19.4 Å². The fraction of sp³-hybridized carbons (Fsp3) is 0.278. The number of ether oxygens (including phenoxy) is 1. The minimum Gasteiger partial charge on any atom is -0.378 e. The summed E-state index contributed by atoms with van der Waals surface area (Å²) in [5.41, 5.74) is 5.24. The van der Waals surface area contributed by atoms with E-state index in [-0.39, 0.29) is 23.6 Å². The first-order valence-electron chi connectivity index (χ1n) is 15.5. The van der Waals surface area contributed by atoms with Crippen molar-refractivity contribution in [3.05, 3.63) is 113 Å². The average molecular weight is 620 g/mol. The highest BCUT2D eigenvalue weighted by Crippen LogP contribution is 2.35. The van der Waals surface area contributed by atoms with Gasteiger partial charge in [-0.1, -0.05) is 78.4 Å². The number of carbonyl (C=O) groups is 4. The third-order valence-electron chi connectivity index (χ3n) is 8.53. The number of piperazine rings is 1. The highest BCUT2D eigenvalue weighted by molar-refractivity contribution is 6.45. The van der Waals surface area contributed by atoms with E-state index in [0.29, 0.717) is 54.5 Å². The Morgan fingerprint density at radius 1 is 0.587 bits per heavy atom. The summed E-state index contributed by atoms with van der Waals surface area (Å²) < 4.78 is 5.42. The predicted octanol–water partition coefficient (Wildman–Crippen LogP) is 2.91. The zero-order valence-corrected chi connectivity index (χ0v) is 26.1. The van der Waals surface area contributed by atoms with Crippen LogP contribution < -0.4 is 10.2 Å². The topological polar surface area (TPSA) is 102 Å². The van der Waals surface area contributed by atoms with E-state index in [1.165, 1.54) is 4.90 Å². The van der Waals surface area contributed by atoms with Gasteiger partial charge in [-0.2, -0.15) is 0 Å². The maximum absolute atomic E-state index is 13.2. The van der Waals surface area contributed by atoms with Crippen LogP contribution in [-0.4, -0.2) is 97.9 Å². The summed E-state index contributed by atoms with van der Waals surface area (Å²) in [5, 5.41) is 2.42. The minimum atomic E-state index is -0.296. The van der Waals surface area contributed by atoms with E-state index >= 15 is 0 Å². The molecule has 10 heteroatoms. The first-order chi connectivity index (χ1) is 22.3. The molecule has 0 atom stereocenters. The van der Waals surface area contributed by atoms with Crippen LogP contribution in [-0.2, 0) is 23.9 Å². The maximum Gasteiger partial charge on any atom is 0.282 e. The van der Waals surface area contributed by atoms with Gasteiger partial charge in [0.15, 0.2) is 0 Å². The molecule has 10 nitrogen and oxygen atoms in total. The number of para-hydroxylation sites is 1. The van der Waals surface area contributed by atoms with Gasteiger partial charge in [0.2, 0.25) is 0 Å². The van der Waals surface area contributed by atoms with Crippen molar-refractivity contribution in [3.63, 3.8) is 0 Å². The summed E-state index contributed by atoms with van der Waals surface area (Å²) in [4.78, 5) is 58.1. The van der Waals surface area contributed by atoms with Crippen LogP contribution >= 0.6 is 0 Å². The first kappa shape index (κ1) is 30.9. The van der Waals surface area contributed by atoms with E-state index in [0.717, 1.165) is 42.9 Å². The minimum absolute atomic E-state index is 0.265. The Morgan fingerprint density at radius 2 is 1.15 bits per heavy atom. The number of hydrogen-bond donors (Lipinski definition) is 1. The largest absolute Gasteiger partial charge is 0.378 e. The molecule has 2 saturated heterocycles. The summed E-state index contributed by atoms with van der Waals surface area (Å²) >= 11 is 0. The van der Waals surface area contributed by atoms with Gasteiger partial charge in [-0.15, -0.1) is 0 Å². The molecule has 7 rings (SSSR count). The normalized spacial score (nSPS) is 19.1. The SMILES string of the molecule is CN1CCN(C2=C(c3ccccc3)C(=O)NC2=O)CC1.Cc1ccc(C2=C(N3CCOCC3)C(=O)N(c3ccccc3)C2=O)cc1. The number of likely N-dealkylation sites (N-methyl/N-ethyl adjacent to an activating group) is 1. The lowest BCUT2D eigenvalue weighted by Gasteiger charge is -2.34. The number of anilines is 1. The zero-order valence-electron chi connectivity index (χ0n) is 26.1. The summed E-state index contributed by atoms with van der Waals surface area (Å²) in [6.07, 6.45) is 0. The van der Waals surface area contributed by atoms with E-state index < -0.39 is 0 Å². The molecule has 4 amide bonds. The molecule has 0 saturated carbocycles. The van der Waals surface area contributed by atoms with Crippen LogP contribution in [0.25, 0.3) is 11.1 Å². The van der Waals surface area contributed by atoms with Crippen LogP contribution in [0.5, 0.6) is 0 Å². The molecule has 0 unspecified atom stereocenters. The Bertz CT molecular complexity index is 1690. The third-order valence-corrected chi connectivity index (χ3v) is 8.53. The second kappa shape index (κ2) is 13.5. The molecule has 46 heavy (non-hydrogen) atoms. The molecule has 4 aliphatic rings. The lowest BCUT2D eigenvalue weighted by Crippen LogP contribution is -2.45. The van der Waals surface area contributed by atoms with Gasteiger partial charge in [0.25, 0.3) is 23.6 Å². The number of hydrogen-bond acceptors (Lipinski definition) is 8. The van der Waals surface area contributed by atoms with Gasteiger partial charge in [-0.3, -0.25) is 24.5 Å². The van der Waals surface area contributed by atoms with Crippen molar-refractivity contribution in [2.45, 2.75) is 6.92 Å². The number of morpholine rings is 1. The summed E-state index contributed by atoms with van der Waals surface area (Å²) in [6, 6.07) is 26.2.